The average molecular weight is 570 g/mol. The molecule has 11 nitrogen and oxygen atoms in total. The third kappa shape index (κ3) is 4.47. The number of oxazole rings is 1. The Labute approximate surface area is 235 Å². The number of benzene rings is 1. The second-order valence-corrected chi connectivity index (χ2v) is 11.6. The van der Waals surface area contributed by atoms with Crippen molar-refractivity contribution in [3.63, 3.8) is 0 Å². The number of carbonyl (C=O) groups excluding carboxylic acids is 2. The van der Waals surface area contributed by atoms with Crippen molar-refractivity contribution >= 4 is 34.6 Å². The summed E-state index contributed by atoms with van der Waals surface area (Å²) in [5.41, 5.74) is -0.0369. The molecule has 6 rings (SSSR count). The van der Waals surface area contributed by atoms with Crippen LogP contribution in [0.4, 0.5) is 4.79 Å². The van der Waals surface area contributed by atoms with Gasteiger partial charge < -0.3 is 28.6 Å². The number of amides is 3. The first kappa shape index (κ1) is 26.9. The highest BCUT2D eigenvalue weighted by Crippen LogP contribution is 2.54. The van der Waals surface area contributed by atoms with Gasteiger partial charge in [-0.1, -0.05) is 30.0 Å². The Kier molecular flexibility index (Phi) is 7.09. The molecule has 2 unspecified atom stereocenters. The van der Waals surface area contributed by atoms with Gasteiger partial charge in [0.25, 0.3) is 0 Å². The number of carboxylic acids is 1. The molecule has 40 heavy (non-hydrogen) atoms. The number of para-hydroxylation sites is 1. The molecule has 2 saturated heterocycles. The van der Waals surface area contributed by atoms with Crippen LogP contribution in [0.1, 0.15) is 50.0 Å². The van der Waals surface area contributed by atoms with Crippen LogP contribution in [0, 0.1) is 5.92 Å². The number of nitrogens with zero attached hydrogens (tertiary/aromatic N) is 3. The minimum absolute atomic E-state index is 0.0910. The number of aliphatic carboxylic acids is 1. The van der Waals surface area contributed by atoms with Crippen LogP contribution in [0.3, 0.4) is 0 Å². The van der Waals surface area contributed by atoms with Gasteiger partial charge in [-0.05, 0) is 44.2 Å². The zero-order chi connectivity index (χ0) is 28.0. The molecule has 12 heteroatoms. The number of carboxylic acid groups (broad SMARTS) is 1. The van der Waals surface area contributed by atoms with Crippen molar-refractivity contribution in [2.75, 3.05) is 26.9 Å². The van der Waals surface area contributed by atoms with Gasteiger partial charge in [0, 0.05) is 18.8 Å². The number of urea groups is 1. The van der Waals surface area contributed by atoms with Gasteiger partial charge in [-0.2, -0.15) is 0 Å². The van der Waals surface area contributed by atoms with Crippen LogP contribution in [0.5, 0.6) is 5.75 Å². The van der Waals surface area contributed by atoms with Crippen molar-refractivity contribution in [1.82, 2.24) is 14.8 Å². The number of aromatic nitrogens is 1. The number of hydrogen-bond acceptors (Lipinski definition) is 9. The number of fused-ring (bicyclic) bond motifs is 1. The number of methoxy groups -OCH3 is 1. The molecule has 1 aliphatic carbocycles. The zero-order valence-electron chi connectivity index (χ0n) is 22.3. The van der Waals surface area contributed by atoms with E-state index in [0.29, 0.717) is 37.6 Å². The van der Waals surface area contributed by atoms with Crippen molar-refractivity contribution in [1.29, 1.82) is 0 Å². The molecule has 1 saturated carbocycles. The highest BCUT2D eigenvalue weighted by atomic mass is 32.2. The lowest BCUT2D eigenvalue weighted by atomic mass is 9.93. The fourth-order valence-electron chi connectivity index (χ4n) is 5.84. The first-order valence-corrected chi connectivity index (χ1v) is 14.2. The number of rotatable bonds is 9. The Hall–Kier alpha value is -3.35. The second kappa shape index (κ2) is 10.6. The molecule has 3 aliphatic heterocycles. The standard InChI is InChI=1S/C28H31N3O8S/c1-16-22-24(32)31(28(9-10-28)26(33)34)27(35)30(25(22)40-23(16)20-13-29-15-38-20)14-21(39-17-7-11-37-12-8-17)18-5-3-4-6-19(18)36-2/h3-6,13,15,17,21-22,25H,7-12,14H2,1-2H3,(H,33,34)/t21-,22?,25?/m0/s1. The first-order chi connectivity index (χ1) is 19.4. The SMILES string of the molecule is COc1ccccc1[C@H](CN1C(=O)N(C2(C(=O)O)CC2)C(=O)C2C(C)=C(c3cnco3)SC21)OC1CCOCC1. The van der Waals surface area contributed by atoms with Crippen LogP contribution in [-0.2, 0) is 19.1 Å². The van der Waals surface area contributed by atoms with Gasteiger partial charge in [-0.25, -0.2) is 19.5 Å². The van der Waals surface area contributed by atoms with E-state index in [9.17, 15) is 19.5 Å². The monoisotopic (exact) mass is 569 g/mol. The fraction of sp³-hybridized carbons (Fsp3) is 0.500. The van der Waals surface area contributed by atoms with Crippen LogP contribution < -0.4 is 4.74 Å². The van der Waals surface area contributed by atoms with Gasteiger partial charge in [0.1, 0.15) is 17.4 Å². The molecule has 0 bridgehead atoms. The highest BCUT2D eigenvalue weighted by molar-refractivity contribution is 8.09. The first-order valence-electron chi connectivity index (χ1n) is 13.4. The predicted octanol–water partition coefficient (Wildman–Crippen LogP) is 3.92. The van der Waals surface area contributed by atoms with Crippen LogP contribution in [0.25, 0.3) is 4.91 Å². The Morgan fingerprint density at radius 2 is 2.00 bits per heavy atom. The lowest BCUT2D eigenvalue weighted by Gasteiger charge is -2.45. The van der Waals surface area contributed by atoms with Crippen molar-refractivity contribution < 1.29 is 38.1 Å². The molecule has 0 radical (unpaired) electrons. The van der Waals surface area contributed by atoms with Crippen molar-refractivity contribution in [2.24, 2.45) is 5.92 Å². The normalized spacial score (nSPS) is 25.2. The minimum Gasteiger partial charge on any atom is -0.496 e. The van der Waals surface area contributed by atoms with Gasteiger partial charge >= 0.3 is 12.0 Å². The van der Waals surface area contributed by atoms with E-state index in [1.54, 1.807) is 18.2 Å². The molecule has 3 atom stereocenters. The van der Waals surface area contributed by atoms with E-state index in [-0.39, 0.29) is 25.5 Å². The number of thioether (sulfide) groups is 1. The largest absolute Gasteiger partial charge is 0.496 e. The summed E-state index contributed by atoms with van der Waals surface area (Å²) >= 11 is 1.36. The molecule has 1 aromatic heterocycles. The lowest BCUT2D eigenvalue weighted by molar-refractivity contribution is -0.153. The van der Waals surface area contributed by atoms with Gasteiger partial charge in [0.05, 0.1) is 42.2 Å². The summed E-state index contributed by atoms with van der Waals surface area (Å²) in [7, 11) is 1.58. The van der Waals surface area contributed by atoms with Gasteiger partial charge in [0.15, 0.2) is 12.2 Å². The molecule has 3 fully saturated rings. The van der Waals surface area contributed by atoms with E-state index in [0.717, 1.165) is 20.9 Å². The maximum Gasteiger partial charge on any atom is 0.330 e. The Bertz CT molecular complexity index is 1330. The minimum atomic E-state index is -1.53. The van der Waals surface area contributed by atoms with Crippen molar-refractivity contribution in [2.45, 2.75) is 55.7 Å². The summed E-state index contributed by atoms with van der Waals surface area (Å²) in [5.74, 6) is -1.28. The van der Waals surface area contributed by atoms with Crippen LogP contribution >= 0.6 is 11.8 Å². The van der Waals surface area contributed by atoms with E-state index in [1.807, 2.05) is 31.2 Å². The maximum absolute atomic E-state index is 14.2. The molecule has 3 amide bonds. The molecular weight excluding hydrogens is 538 g/mol. The summed E-state index contributed by atoms with van der Waals surface area (Å²) < 4.78 is 23.4. The maximum atomic E-state index is 14.2. The molecule has 1 aromatic carbocycles. The van der Waals surface area contributed by atoms with Gasteiger partial charge in [0.2, 0.25) is 5.91 Å². The fourth-order valence-corrected chi connectivity index (χ4v) is 7.37. The number of carbonyl (C=O) groups is 3. The van der Waals surface area contributed by atoms with E-state index < -0.39 is 40.8 Å². The molecule has 212 valence electrons. The topological polar surface area (TPSA) is 132 Å². The van der Waals surface area contributed by atoms with Gasteiger partial charge in [-0.3, -0.25) is 4.79 Å². The van der Waals surface area contributed by atoms with E-state index in [1.165, 1.54) is 18.2 Å². The molecule has 4 aliphatic rings. The summed E-state index contributed by atoms with van der Waals surface area (Å²) in [5, 5.41) is 9.47. The van der Waals surface area contributed by atoms with Crippen LogP contribution in [0.15, 0.2) is 46.8 Å². The summed E-state index contributed by atoms with van der Waals surface area (Å²) in [6, 6.07) is 6.87. The number of imide groups is 1. The van der Waals surface area contributed by atoms with Crippen LogP contribution in [-0.4, -0.2) is 81.7 Å². The third-order valence-electron chi connectivity index (χ3n) is 8.16. The van der Waals surface area contributed by atoms with Crippen molar-refractivity contribution in [3.05, 3.63) is 53.8 Å². The smallest absolute Gasteiger partial charge is 0.330 e. The Morgan fingerprint density at radius 3 is 2.65 bits per heavy atom. The third-order valence-corrected chi connectivity index (χ3v) is 9.69. The van der Waals surface area contributed by atoms with E-state index in [2.05, 4.69) is 4.98 Å². The second-order valence-electron chi connectivity index (χ2n) is 10.5. The van der Waals surface area contributed by atoms with Gasteiger partial charge in [-0.15, -0.1) is 0 Å². The quantitative estimate of drug-likeness (QED) is 0.474. The summed E-state index contributed by atoms with van der Waals surface area (Å²) in [6.45, 7) is 3.09. The average Bonchev–Trinajstić information content (AvgIpc) is 3.42. The van der Waals surface area contributed by atoms with E-state index in [4.69, 9.17) is 18.6 Å². The molecular formula is C28H31N3O8S. The predicted molar refractivity (Wildman–Crippen MR) is 143 cm³/mol. The zero-order valence-corrected chi connectivity index (χ0v) is 23.1. The van der Waals surface area contributed by atoms with Crippen LogP contribution in [0.2, 0.25) is 0 Å². The number of ether oxygens (including phenoxy) is 3. The highest BCUT2D eigenvalue weighted by Gasteiger charge is 2.65. The summed E-state index contributed by atoms with van der Waals surface area (Å²) in [6.07, 6.45) is 4.09. The Balaban J connectivity index is 1.40. The molecule has 4 heterocycles. The van der Waals surface area contributed by atoms with Crippen molar-refractivity contribution in [3.8, 4) is 5.75 Å². The molecule has 1 N–H and O–H groups in total. The lowest BCUT2D eigenvalue weighted by Crippen LogP contribution is -2.65. The molecule has 0 spiro atoms. The number of hydrogen-bond donors (Lipinski definition) is 1. The summed E-state index contributed by atoms with van der Waals surface area (Å²) in [4.78, 5) is 47.7. The molecule has 2 aromatic rings. The van der Waals surface area contributed by atoms with E-state index >= 15 is 0 Å². The Morgan fingerprint density at radius 1 is 1.25 bits per heavy atom.